The molecule has 2 rings (SSSR count). The van der Waals surface area contributed by atoms with Crippen molar-refractivity contribution >= 4 is 21.5 Å². The first-order chi connectivity index (χ1) is 8.83. The lowest BCUT2D eigenvalue weighted by Crippen LogP contribution is -2.05. The van der Waals surface area contributed by atoms with Gasteiger partial charge in [-0.05, 0) is 30.3 Å². The van der Waals surface area contributed by atoms with Crippen LogP contribution in [0.1, 0.15) is 11.1 Å². The number of benzene rings is 1. The molecule has 2 nitrogen and oxygen atoms in total. The van der Waals surface area contributed by atoms with Crippen molar-refractivity contribution in [2.24, 2.45) is 0 Å². The number of nitrogens with one attached hydrogen (secondary N) is 1. The van der Waals surface area contributed by atoms with Crippen molar-refractivity contribution in [1.82, 2.24) is 10.3 Å². The van der Waals surface area contributed by atoms with Gasteiger partial charge in [-0.1, -0.05) is 46.3 Å². The highest BCUT2D eigenvalue weighted by Gasteiger charge is 2.07. The molecule has 1 aromatic carbocycles. The molecular formula is C15H15BrN2. The SMILES string of the molecule is CNC/C=C(\c1cccnc1)c1ccccc1Br. The predicted octanol–water partition coefficient (Wildman–Crippen LogP) is 3.50. The molecule has 0 unspecified atom stereocenters. The lowest BCUT2D eigenvalue weighted by molar-refractivity contribution is 0.920. The van der Waals surface area contributed by atoms with Crippen LogP contribution in [-0.2, 0) is 0 Å². The van der Waals surface area contributed by atoms with Gasteiger partial charge in [0, 0.05) is 29.0 Å². The van der Waals surface area contributed by atoms with Gasteiger partial charge in [-0.15, -0.1) is 0 Å². The molecule has 0 aliphatic carbocycles. The van der Waals surface area contributed by atoms with E-state index in [1.165, 1.54) is 11.1 Å². The third-order valence-electron chi connectivity index (χ3n) is 2.65. The average Bonchev–Trinajstić information content (AvgIpc) is 2.42. The van der Waals surface area contributed by atoms with Gasteiger partial charge in [0.1, 0.15) is 0 Å². The molecule has 2 aromatic rings. The molecule has 3 heteroatoms. The molecule has 0 saturated carbocycles. The van der Waals surface area contributed by atoms with Gasteiger partial charge in [0.25, 0.3) is 0 Å². The van der Waals surface area contributed by atoms with Crippen molar-refractivity contribution < 1.29 is 0 Å². The Balaban J connectivity index is 2.48. The molecular weight excluding hydrogens is 288 g/mol. The van der Waals surface area contributed by atoms with Crippen LogP contribution in [0, 0.1) is 0 Å². The molecule has 0 fully saturated rings. The Morgan fingerprint density at radius 2 is 2.11 bits per heavy atom. The van der Waals surface area contributed by atoms with E-state index >= 15 is 0 Å². The first kappa shape index (κ1) is 13.0. The summed E-state index contributed by atoms with van der Waals surface area (Å²) in [6, 6.07) is 12.3. The summed E-state index contributed by atoms with van der Waals surface area (Å²) in [5.41, 5.74) is 3.49. The fraction of sp³-hybridized carbons (Fsp3) is 0.133. The van der Waals surface area contributed by atoms with Crippen molar-refractivity contribution in [3.63, 3.8) is 0 Å². The summed E-state index contributed by atoms with van der Waals surface area (Å²) in [5.74, 6) is 0. The van der Waals surface area contributed by atoms with Gasteiger partial charge in [-0.3, -0.25) is 4.98 Å². The lowest BCUT2D eigenvalue weighted by atomic mass is 9.99. The minimum absolute atomic E-state index is 0.825. The molecule has 0 amide bonds. The number of nitrogens with zero attached hydrogens (tertiary/aromatic N) is 1. The van der Waals surface area contributed by atoms with E-state index in [9.17, 15) is 0 Å². The summed E-state index contributed by atoms with van der Waals surface area (Å²) in [4.78, 5) is 4.19. The molecule has 1 N–H and O–H groups in total. The number of pyridine rings is 1. The van der Waals surface area contributed by atoms with E-state index in [1.807, 2.05) is 31.4 Å². The highest BCUT2D eigenvalue weighted by atomic mass is 79.9. The number of aromatic nitrogens is 1. The van der Waals surface area contributed by atoms with Crippen molar-refractivity contribution in [2.75, 3.05) is 13.6 Å². The zero-order valence-electron chi connectivity index (χ0n) is 10.2. The third kappa shape index (κ3) is 3.06. The molecule has 92 valence electrons. The minimum Gasteiger partial charge on any atom is -0.316 e. The normalized spacial score (nSPS) is 11.6. The molecule has 0 radical (unpaired) electrons. The van der Waals surface area contributed by atoms with Crippen LogP contribution in [0.15, 0.2) is 59.3 Å². The van der Waals surface area contributed by atoms with E-state index < -0.39 is 0 Å². The summed E-state index contributed by atoms with van der Waals surface area (Å²) in [6.45, 7) is 0.825. The lowest BCUT2D eigenvalue weighted by Gasteiger charge is -2.10. The van der Waals surface area contributed by atoms with Crippen LogP contribution < -0.4 is 5.32 Å². The van der Waals surface area contributed by atoms with E-state index in [4.69, 9.17) is 0 Å². The zero-order chi connectivity index (χ0) is 12.8. The van der Waals surface area contributed by atoms with Crippen molar-refractivity contribution in [3.8, 4) is 0 Å². The van der Waals surface area contributed by atoms with Crippen LogP contribution >= 0.6 is 15.9 Å². The van der Waals surface area contributed by atoms with Gasteiger partial charge >= 0.3 is 0 Å². The summed E-state index contributed by atoms with van der Waals surface area (Å²) in [6.07, 6.45) is 5.86. The molecule has 0 spiro atoms. The Morgan fingerprint density at radius 3 is 2.78 bits per heavy atom. The third-order valence-corrected chi connectivity index (χ3v) is 3.34. The number of hydrogen-bond donors (Lipinski definition) is 1. The van der Waals surface area contributed by atoms with Crippen molar-refractivity contribution in [1.29, 1.82) is 0 Å². The Kier molecular flexibility index (Phi) is 4.67. The quantitative estimate of drug-likeness (QED) is 0.935. The number of likely N-dealkylation sites (N-methyl/N-ethyl adjacent to an activating group) is 1. The van der Waals surface area contributed by atoms with Crippen LogP contribution in [0.5, 0.6) is 0 Å². The number of halogens is 1. The van der Waals surface area contributed by atoms with E-state index in [1.54, 1.807) is 6.20 Å². The first-order valence-corrected chi connectivity index (χ1v) is 6.62. The van der Waals surface area contributed by atoms with Crippen molar-refractivity contribution in [3.05, 3.63) is 70.5 Å². The van der Waals surface area contributed by atoms with Crippen LogP contribution in [-0.4, -0.2) is 18.6 Å². The van der Waals surface area contributed by atoms with Crippen LogP contribution in [0.25, 0.3) is 5.57 Å². The highest BCUT2D eigenvalue weighted by Crippen LogP contribution is 2.28. The maximum Gasteiger partial charge on any atom is 0.0346 e. The second kappa shape index (κ2) is 6.47. The molecule has 0 bridgehead atoms. The Morgan fingerprint density at radius 1 is 1.28 bits per heavy atom. The predicted molar refractivity (Wildman–Crippen MR) is 79.4 cm³/mol. The molecule has 0 atom stereocenters. The van der Waals surface area contributed by atoms with E-state index in [2.05, 4.69) is 50.5 Å². The van der Waals surface area contributed by atoms with Gasteiger partial charge < -0.3 is 5.32 Å². The monoisotopic (exact) mass is 302 g/mol. The molecule has 0 saturated heterocycles. The van der Waals surface area contributed by atoms with Gasteiger partial charge in [-0.2, -0.15) is 0 Å². The van der Waals surface area contributed by atoms with Gasteiger partial charge in [0.15, 0.2) is 0 Å². The standard InChI is InChI=1S/C15H15BrN2/c1-17-10-8-13(12-5-4-9-18-11-12)14-6-2-3-7-15(14)16/h2-9,11,17H,10H2,1H3/b13-8+. The van der Waals surface area contributed by atoms with Crippen LogP contribution in [0.3, 0.4) is 0 Å². The largest absolute Gasteiger partial charge is 0.316 e. The Hall–Kier alpha value is -1.45. The molecule has 1 aromatic heterocycles. The maximum absolute atomic E-state index is 4.19. The van der Waals surface area contributed by atoms with Crippen LogP contribution in [0.2, 0.25) is 0 Å². The van der Waals surface area contributed by atoms with Gasteiger partial charge in [0.2, 0.25) is 0 Å². The second-order valence-corrected chi connectivity index (χ2v) is 4.75. The maximum atomic E-state index is 4.19. The minimum atomic E-state index is 0.825. The average molecular weight is 303 g/mol. The fourth-order valence-electron chi connectivity index (χ4n) is 1.79. The number of rotatable bonds is 4. The number of hydrogen-bond acceptors (Lipinski definition) is 2. The van der Waals surface area contributed by atoms with E-state index in [0.29, 0.717) is 0 Å². The summed E-state index contributed by atoms with van der Waals surface area (Å²) in [7, 11) is 1.94. The van der Waals surface area contributed by atoms with E-state index in [0.717, 1.165) is 16.6 Å². The molecule has 0 aliphatic rings. The summed E-state index contributed by atoms with van der Waals surface area (Å²) >= 11 is 3.60. The topological polar surface area (TPSA) is 24.9 Å². The van der Waals surface area contributed by atoms with Crippen LogP contribution in [0.4, 0.5) is 0 Å². The highest BCUT2D eigenvalue weighted by molar-refractivity contribution is 9.10. The zero-order valence-corrected chi connectivity index (χ0v) is 11.8. The second-order valence-electron chi connectivity index (χ2n) is 3.90. The summed E-state index contributed by atoms with van der Waals surface area (Å²) in [5, 5.41) is 3.15. The van der Waals surface area contributed by atoms with E-state index in [-0.39, 0.29) is 0 Å². The molecule has 1 heterocycles. The fourth-order valence-corrected chi connectivity index (χ4v) is 2.29. The summed E-state index contributed by atoms with van der Waals surface area (Å²) < 4.78 is 1.09. The first-order valence-electron chi connectivity index (χ1n) is 5.83. The van der Waals surface area contributed by atoms with Gasteiger partial charge in [0.05, 0.1) is 0 Å². The Bertz CT molecular complexity index is 535. The Labute approximate surface area is 116 Å². The van der Waals surface area contributed by atoms with Gasteiger partial charge in [-0.25, -0.2) is 0 Å². The smallest absolute Gasteiger partial charge is 0.0346 e. The van der Waals surface area contributed by atoms with Crippen molar-refractivity contribution in [2.45, 2.75) is 0 Å². The molecule has 0 aliphatic heterocycles. The molecule has 18 heavy (non-hydrogen) atoms.